The molecule has 0 spiro atoms. The molecule has 0 bridgehead atoms. The number of carbonyl (C=O) groups excluding carboxylic acids is 1. The lowest BCUT2D eigenvalue weighted by atomic mass is 10.2. The van der Waals surface area contributed by atoms with Gasteiger partial charge in [0.2, 0.25) is 5.91 Å². The van der Waals surface area contributed by atoms with Gasteiger partial charge in [0.1, 0.15) is 11.9 Å². The second-order valence-electron chi connectivity index (χ2n) is 4.14. The molecular weight excluding hydrogens is 299 g/mol. The summed E-state index contributed by atoms with van der Waals surface area (Å²) in [5, 5.41) is 5.87. The molecule has 0 heterocycles. The third-order valence-electron chi connectivity index (χ3n) is 2.53. The van der Waals surface area contributed by atoms with Crippen molar-refractivity contribution in [3.8, 4) is 0 Å². The first-order valence-corrected chi connectivity index (χ1v) is 6.83. The van der Waals surface area contributed by atoms with Crippen LogP contribution in [-0.2, 0) is 4.79 Å². The van der Waals surface area contributed by atoms with E-state index < -0.39 is 0 Å². The summed E-state index contributed by atoms with van der Waals surface area (Å²) in [5.41, 5.74) is 0.710. The lowest BCUT2D eigenvalue weighted by molar-refractivity contribution is -0.121. The zero-order valence-corrected chi connectivity index (χ0v) is 12.2. The minimum atomic E-state index is -0.348. The van der Waals surface area contributed by atoms with Gasteiger partial charge in [0.05, 0.1) is 4.47 Å². The molecule has 5 heteroatoms. The van der Waals surface area contributed by atoms with E-state index in [1.165, 1.54) is 6.07 Å². The zero-order valence-electron chi connectivity index (χ0n) is 10.6. The van der Waals surface area contributed by atoms with E-state index in [0.717, 1.165) is 12.8 Å². The van der Waals surface area contributed by atoms with Crippen LogP contribution in [0.2, 0.25) is 0 Å². The van der Waals surface area contributed by atoms with E-state index in [2.05, 4.69) is 33.5 Å². The molecule has 1 aromatic rings. The number of halogens is 2. The average molecular weight is 317 g/mol. The van der Waals surface area contributed by atoms with Gasteiger partial charge in [-0.15, -0.1) is 0 Å². The lowest BCUT2D eigenvalue weighted by Gasteiger charge is -2.15. The van der Waals surface area contributed by atoms with E-state index >= 15 is 0 Å². The van der Waals surface area contributed by atoms with Crippen molar-refractivity contribution >= 4 is 27.5 Å². The molecule has 0 aliphatic rings. The molecule has 2 N–H and O–H groups in total. The highest BCUT2D eigenvalue weighted by Gasteiger charge is 2.12. The molecule has 1 amide bonds. The molecule has 0 fully saturated rings. The largest absolute Gasteiger partial charge is 0.374 e. The lowest BCUT2D eigenvalue weighted by Crippen LogP contribution is -2.37. The second-order valence-corrected chi connectivity index (χ2v) is 4.99. The third-order valence-corrected chi connectivity index (χ3v) is 3.13. The molecule has 0 aromatic heterocycles. The highest BCUT2D eigenvalue weighted by molar-refractivity contribution is 9.10. The number of carbonyl (C=O) groups is 1. The molecular formula is C13H18BrFN2O. The minimum absolute atomic E-state index is 0.0519. The van der Waals surface area contributed by atoms with Crippen molar-refractivity contribution in [1.29, 1.82) is 0 Å². The molecule has 1 aromatic carbocycles. The topological polar surface area (TPSA) is 41.1 Å². The van der Waals surface area contributed by atoms with Crippen molar-refractivity contribution in [1.82, 2.24) is 5.32 Å². The number of unbranched alkanes of at least 4 members (excludes halogenated alkanes) is 1. The van der Waals surface area contributed by atoms with Gasteiger partial charge in [0.15, 0.2) is 0 Å². The van der Waals surface area contributed by atoms with Crippen LogP contribution in [-0.4, -0.2) is 18.5 Å². The van der Waals surface area contributed by atoms with Gasteiger partial charge in [-0.2, -0.15) is 0 Å². The third kappa shape index (κ3) is 4.64. The van der Waals surface area contributed by atoms with Gasteiger partial charge in [-0.25, -0.2) is 4.39 Å². The molecule has 100 valence electrons. The molecule has 0 radical (unpaired) electrons. The summed E-state index contributed by atoms with van der Waals surface area (Å²) in [4.78, 5) is 11.7. The Labute approximate surface area is 115 Å². The van der Waals surface area contributed by atoms with Crippen molar-refractivity contribution in [2.75, 3.05) is 11.9 Å². The molecule has 0 aliphatic heterocycles. The number of amides is 1. The first kappa shape index (κ1) is 15.0. The summed E-state index contributed by atoms with van der Waals surface area (Å²) >= 11 is 3.11. The Morgan fingerprint density at radius 2 is 2.22 bits per heavy atom. The highest BCUT2D eigenvalue weighted by atomic mass is 79.9. The number of hydrogen-bond donors (Lipinski definition) is 2. The molecule has 1 atom stereocenters. The van der Waals surface area contributed by atoms with Crippen LogP contribution in [0.1, 0.15) is 26.7 Å². The van der Waals surface area contributed by atoms with Crippen molar-refractivity contribution in [2.45, 2.75) is 32.7 Å². The molecule has 1 unspecified atom stereocenters. The highest BCUT2D eigenvalue weighted by Crippen LogP contribution is 2.20. The van der Waals surface area contributed by atoms with Crippen LogP contribution in [0.3, 0.4) is 0 Å². The summed E-state index contributed by atoms with van der Waals surface area (Å²) < 4.78 is 13.4. The first-order valence-electron chi connectivity index (χ1n) is 6.04. The summed E-state index contributed by atoms with van der Waals surface area (Å²) in [6.45, 7) is 4.54. The summed E-state index contributed by atoms with van der Waals surface area (Å²) in [7, 11) is 0. The van der Waals surface area contributed by atoms with Crippen LogP contribution in [0.15, 0.2) is 22.7 Å². The Hall–Kier alpha value is -1.10. The summed E-state index contributed by atoms with van der Waals surface area (Å²) in [6, 6.07) is 4.23. The number of nitrogens with one attached hydrogen (secondary N) is 2. The number of anilines is 1. The van der Waals surface area contributed by atoms with Crippen molar-refractivity contribution in [3.63, 3.8) is 0 Å². The maximum Gasteiger partial charge on any atom is 0.242 e. The van der Waals surface area contributed by atoms with Gasteiger partial charge in [-0.1, -0.05) is 13.3 Å². The van der Waals surface area contributed by atoms with Crippen LogP contribution in [0.4, 0.5) is 10.1 Å². The van der Waals surface area contributed by atoms with E-state index in [9.17, 15) is 9.18 Å². The van der Waals surface area contributed by atoms with Crippen LogP contribution < -0.4 is 10.6 Å². The zero-order chi connectivity index (χ0) is 13.5. The monoisotopic (exact) mass is 316 g/mol. The smallest absolute Gasteiger partial charge is 0.242 e. The van der Waals surface area contributed by atoms with E-state index in [4.69, 9.17) is 0 Å². The molecule has 0 aliphatic carbocycles. The summed E-state index contributed by atoms with van der Waals surface area (Å²) in [6.07, 6.45) is 2.02. The fourth-order valence-corrected chi connectivity index (χ4v) is 1.82. The van der Waals surface area contributed by atoms with Crippen LogP contribution in [0.5, 0.6) is 0 Å². The van der Waals surface area contributed by atoms with Crippen molar-refractivity contribution < 1.29 is 9.18 Å². The maximum atomic E-state index is 13.0. The van der Waals surface area contributed by atoms with E-state index in [1.807, 2.05) is 0 Å². The second kappa shape index (κ2) is 7.36. The fourth-order valence-electron chi connectivity index (χ4n) is 1.44. The molecule has 18 heavy (non-hydrogen) atoms. The SMILES string of the molecule is CCCCNC(=O)C(C)Nc1ccc(F)c(Br)c1. The molecule has 0 saturated heterocycles. The van der Waals surface area contributed by atoms with Gasteiger partial charge < -0.3 is 10.6 Å². The van der Waals surface area contributed by atoms with Crippen LogP contribution in [0, 0.1) is 5.82 Å². The van der Waals surface area contributed by atoms with Crippen molar-refractivity contribution in [2.24, 2.45) is 0 Å². The van der Waals surface area contributed by atoms with Gasteiger partial charge >= 0.3 is 0 Å². The van der Waals surface area contributed by atoms with Crippen LogP contribution >= 0.6 is 15.9 Å². The quantitative estimate of drug-likeness (QED) is 0.791. The number of rotatable bonds is 6. The molecule has 3 nitrogen and oxygen atoms in total. The minimum Gasteiger partial charge on any atom is -0.374 e. The standard InChI is InChI=1S/C13H18BrFN2O/c1-3-4-7-16-13(18)9(2)17-10-5-6-12(15)11(14)8-10/h5-6,8-9,17H,3-4,7H2,1-2H3,(H,16,18). The first-order chi connectivity index (χ1) is 8.54. The van der Waals surface area contributed by atoms with Gasteiger partial charge in [-0.05, 0) is 47.5 Å². The molecule has 1 rings (SSSR count). The summed E-state index contributed by atoms with van der Waals surface area (Å²) in [5.74, 6) is -0.371. The normalized spacial score (nSPS) is 12.0. The predicted octanol–water partition coefficient (Wildman–Crippen LogP) is 3.30. The predicted molar refractivity (Wildman–Crippen MR) is 75.1 cm³/mol. The Morgan fingerprint density at radius 3 is 2.83 bits per heavy atom. The Morgan fingerprint density at radius 1 is 1.50 bits per heavy atom. The average Bonchev–Trinajstić information content (AvgIpc) is 2.34. The van der Waals surface area contributed by atoms with Crippen molar-refractivity contribution in [3.05, 3.63) is 28.5 Å². The van der Waals surface area contributed by atoms with E-state index in [-0.39, 0.29) is 17.8 Å². The number of benzene rings is 1. The number of hydrogen-bond acceptors (Lipinski definition) is 2. The fraction of sp³-hybridized carbons (Fsp3) is 0.462. The Balaban J connectivity index is 2.50. The Bertz CT molecular complexity index is 412. The molecule has 0 saturated carbocycles. The van der Waals surface area contributed by atoms with E-state index in [1.54, 1.807) is 19.1 Å². The van der Waals surface area contributed by atoms with Gasteiger partial charge in [0, 0.05) is 12.2 Å². The van der Waals surface area contributed by atoms with Gasteiger partial charge in [-0.3, -0.25) is 4.79 Å². The van der Waals surface area contributed by atoms with E-state index in [0.29, 0.717) is 16.7 Å². The van der Waals surface area contributed by atoms with Gasteiger partial charge in [0.25, 0.3) is 0 Å². The van der Waals surface area contributed by atoms with Crippen LogP contribution in [0.25, 0.3) is 0 Å². The maximum absolute atomic E-state index is 13.0. The Kier molecular flexibility index (Phi) is 6.12.